The highest BCUT2D eigenvalue weighted by Gasteiger charge is 2.16. The third-order valence-electron chi connectivity index (χ3n) is 4.28. The third kappa shape index (κ3) is 4.28. The number of halogens is 1. The van der Waals surface area contributed by atoms with E-state index in [2.05, 4.69) is 46.1 Å². The minimum atomic E-state index is -0.119. The quantitative estimate of drug-likeness (QED) is 0.377. The maximum absolute atomic E-state index is 9.91. The fourth-order valence-corrected chi connectivity index (χ4v) is 4.67. The Morgan fingerprint density at radius 2 is 1.70 bits per heavy atom. The fraction of sp³-hybridized carbons (Fsp3) is 0.143. The van der Waals surface area contributed by atoms with Gasteiger partial charge in [0.2, 0.25) is 0 Å². The summed E-state index contributed by atoms with van der Waals surface area (Å²) >= 11 is 3.96. The standard InChI is InChI=1S/C21H18IN3OS/c22-18-12-17-20(23-16(13-26)11-14-7-3-1-4-8-14)24-19(25-21(17)27-18)15-9-5-2-6-10-15/h1-10,12,16,26H,11,13H2,(H,23,24,25)/t16-/m0/s1. The summed E-state index contributed by atoms with van der Waals surface area (Å²) in [5.74, 6) is 1.47. The molecule has 0 spiro atoms. The molecule has 0 amide bonds. The number of hydrogen-bond donors (Lipinski definition) is 2. The topological polar surface area (TPSA) is 58.0 Å². The van der Waals surface area contributed by atoms with E-state index in [1.54, 1.807) is 11.3 Å². The molecule has 6 heteroatoms. The number of anilines is 1. The first kappa shape index (κ1) is 18.3. The van der Waals surface area contributed by atoms with Gasteiger partial charge in [0.25, 0.3) is 0 Å². The molecule has 0 fully saturated rings. The van der Waals surface area contributed by atoms with Crippen LogP contribution in [0, 0.1) is 2.88 Å². The minimum Gasteiger partial charge on any atom is -0.394 e. The largest absolute Gasteiger partial charge is 0.394 e. The van der Waals surface area contributed by atoms with E-state index in [1.165, 1.54) is 5.56 Å². The average Bonchev–Trinajstić information content (AvgIpc) is 3.09. The first-order chi connectivity index (χ1) is 13.2. The number of hydrogen-bond acceptors (Lipinski definition) is 5. The van der Waals surface area contributed by atoms with Gasteiger partial charge in [-0.25, -0.2) is 9.97 Å². The number of aromatic nitrogens is 2. The molecule has 0 saturated heterocycles. The van der Waals surface area contributed by atoms with Crippen LogP contribution >= 0.6 is 33.9 Å². The second-order valence-electron chi connectivity index (χ2n) is 6.24. The summed E-state index contributed by atoms with van der Waals surface area (Å²) < 4.78 is 1.16. The number of nitrogens with zero attached hydrogens (tertiary/aromatic N) is 2. The van der Waals surface area contributed by atoms with Crippen LogP contribution < -0.4 is 5.32 Å². The molecule has 2 heterocycles. The zero-order chi connectivity index (χ0) is 18.6. The van der Waals surface area contributed by atoms with Crippen molar-refractivity contribution >= 4 is 50.0 Å². The number of benzene rings is 2. The van der Waals surface area contributed by atoms with Crippen LogP contribution in [0.1, 0.15) is 5.56 Å². The van der Waals surface area contributed by atoms with E-state index in [4.69, 9.17) is 9.97 Å². The molecule has 0 saturated carbocycles. The summed E-state index contributed by atoms with van der Waals surface area (Å²) in [5, 5.41) is 14.3. The molecule has 2 aromatic heterocycles. The van der Waals surface area contributed by atoms with E-state index in [0.29, 0.717) is 5.82 Å². The van der Waals surface area contributed by atoms with Crippen LogP contribution in [0.4, 0.5) is 5.82 Å². The Hall–Kier alpha value is -2.03. The summed E-state index contributed by atoms with van der Waals surface area (Å²) in [5.41, 5.74) is 2.16. The Morgan fingerprint density at radius 1 is 1.00 bits per heavy atom. The van der Waals surface area contributed by atoms with Crippen molar-refractivity contribution in [3.63, 3.8) is 0 Å². The predicted molar refractivity (Wildman–Crippen MR) is 120 cm³/mol. The second kappa shape index (κ2) is 8.33. The molecule has 2 aromatic carbocycles. The van der Waals surface area contributed by atoms with Gasteiger partial charge in [0.15, 0.2) is 5.82 Å². The van der Waals surface area contributed by atoms with Gasteiger partial charge in [-0.3, -0.25) is 0 Å². The molecule has 0 bridgehead atoms. The Labute approximate surface area is 175 Å². The molecule has 0 radical (unpaired) electrons. The van der Waals surface area contributed by atoms with Crippen molar-refractivity contribution in [1.82, 2.24) is 9.97 Å². The molecule has 0 aliphatic carbocycles. The van der Waals surface area contributed by atoms with E-state index in [9.17, 15) is 5.11 Å². The van der Waals surface area contributed by atoms with Crippen molar-refractivity contribution in [2.75, 3.05) is 11.9 Å². The Bertz CT molecular complexity index is 1040. The van der Waals surface area contributed by atoms with Crippen LogP contribution in [-0.4, -0.2) is 27.7 Å². The smallest absolute Gasteiger partial charge is 0.163 e. The molecule has 136 valence electrons. The van der Waals surface area contributed by atoms with Crippen molar-refractivity contribution in [3.8, 4) is 11.4 Å². The van der Waals surface area contributed by atoms with Crippen LogP contribution in [0.5, 0.6) is 0 Å². The van der Waals surface area contributed by atoms with E-state index in [0.717, 1.165) is 30.9 Å². The molecule has 0 unspecified atom stereocenters. The molecule has 4 rings (SSSR count). The molecule has 0 aliphatic rings. The van der Waals surface area contributed by atoms with Gasteiger partial charge in [0, 0.05) is 5.56 Å². The van der Waals surface area contributed by atoms with E-state index >= 15 is 0 Å². The van der Waals surface area contributed by atoms with Gasteiger partial charge < -0.3 is 10.4 Å². The van der Waals surface area contributed by atoms with Crippen molar-refractivity contribution in [2.45, 2.75) is 12.5 Å². The van der Waals surface area contributed by atoms with Crippen LogP contribution in [0.15, 0.2) is 66.7 Å². The first-order valence-electron chi connectivity index (χ1n) is 8.67. The summed E-state index contributed by atoms with van der Waals surface area (Å²) in [7, 11) is 0. The van der Waals surface area contributed by atoms with Crippen molar-refractivity contribution in [3.05, 3.63) is 75.2 Å². The van der Waals surface area contributed by atoms with Crippen molar-refractivity contribution in [2.24, 2.45) is 0 Å². The highest BCUT2D eigenvalue weighted by molar-refractivity contribution is 14.1. The average molecular weight is 487 g/mol. The molecule has 27 heavy (non-hydrogen) atoms. The maximum atomic E-state index is 9.91. The van der Waals surface area contributed by atoms with Gasteiger partial charge in [-0.05, 0) is 40.6 Å². The predicted octanol–water partition coefficient (Wildman–Crippen LogP) is 4.98. The number of nitrogens with one attached hydrogen (secondary N) is 1. The normalized spacial score (nSPS) is 12.2. The molecule has 4 nitrogen and oxygen atoms in total. The maximum Gasteiger partial charge on any atom is 0.163 e. The monoisotopic (exact) mass is 487 g/mol. The Balaban J connectivity index is 1.71. The second-order valence-corrected chi connectivity index (χ2v) is 9.17. The zero-order valence-electron chi connectivity index (χ0n) is 14.5. The Morgan fingerprint density at radius 3 is 2.41 bits per heavy atom. The van der Waals surface area contributed by atoms with Gasteiger partial charge >= 0.3 is 0 Å². The van der Waals surface area contributed by atoms with Crippen LogP contribution in [0.3, 0.4) is 0 Å². The number of aliphatic hydroxyl groups is 1. The lowest BCUT2D eigenvalue weighted by Crippen LogP contribution is -2.27. The number of fused-ring (bicyclic) bond motifs is 1. The highest BCUT2D eigenvalue weighted by atomic mass is 127. The SMILES string of the molecule is OC[C@H](Cc1ccccc1)Nc1nc(-c2ccccc2)nc2sc(I)cc12. The molecule has 1 atom stereocenters. The lowest BCUT2D eigenvalue weighted by Gasteiger charge is -2.18. The van der Waals surface area contributed by atoms with Gasteiger partial charge in [0.05, 0.1) is 20.9 Å². The first-order valence-corrected chi connectivity index (χ1v) is 10.6. The molecular formula is C21H18IN3OS. The third-order valence-corrected chi connectivity index (χ3v) is 6.07. The molecular weight excluding hydrogens is 469 g/mol. The Kier molecular flexibility index (Phi) is 5.66. The van der Waals surface area contributed by atoms with E-state index in [-0.39, 0.29) is 12.6 Å². The lowest BCUT2D eigenvalue weighted by molar-refractivity contribution is 0.273. The van der Waals surface area contributed by atoms with Crippen molar-refractivity contribution in [1.29, 1.82) is 0 Å². The fourth-order valence-electron chi connectivity index (χ4n) is 2.97. The lowest BCUT2D eigenvalue weighted by atomic mass is 10.1. The van der Waals surface area contributed by atoms with Gasteiger partial charge in [0.1, 0.15) is 10.6 Å². The summed E-state index contributed by atoms with van der Waals surface area (Å²) in [6.07, 6.45) is 0.727. The minimum absolute atomic E-state index is 0.0300. The summed E-state index contributed by atoms with van der Waals surface area (Å²) in [6, 6.07) is 22.1. The number of rotatable bonds is 6. The number of thiophene rings is 1. The van der Waals surface area contributed by atoms with Gasteiger partial charge in [-0.2, -0.15) is 0 Å². The van der Waals surface area contributed by atoms with Crippen molar-refractivity contribution < 1.29 is 5.11 Å². The summed E-state index contributed by atoms with van der Waals surface area (Å²) in [6.45, 7) is 0.0300. The van der Waals surface area contributed by atoms with E-state index in [1.807, 2.05) is 48.5 Å². The van der Waals surface area contributed by atoms with E-state index < -0.39 is 0 Å². The summed E-state index contributed by atoms with van der Waals surface area (Å²) in [4.78, 5) is 10.5. The highest BCUT2D eigenvalue weighted by Crippen LogP contribution is 2.32. The molecule has 4 aromatic rings. The van der Waals surface area contributed by atoms with Gasteiger partial charge in [-0.15, -0.1) is 11.3 Å². The van der Waals surface area contributed by atoms with Crippen LogP contribution in [-0.2, 0) is 6.42 Å². The molecule has 0 aliphatic heterocycles. The van der Waals surface area contributed by atoms with Crippen LogP contribution in [0.25, 0.3) is 21.6 Å². The molecule has 2 N–H and O–H groups in total. The van der Waals surface area contributed by atoms with Gasteiger partial charge in [-0.1, -0.05) is 60.7 Å². The zero-order valence-corrected chi connectivity index (χ0v) is 17.4. The number of aliphatic hydroxyl groups excluding tert-OH is 1. The van der Waals surface area contributed by atoms with Crippen LogP contribution in [0.2, 0.25) is 0 Å².